The van der Waals surface area contributed by atoms with Crippen LogP contribution in [-0.2, 0) is 52.4 Å². The van der Waals surface area contributed by atoms with Crippen molar-refractivity contribution in [2.45, 2.75) is 209 Å². The average molecular weight is 1840 g/mol. The molecule has 0 aliphatic heterocycles. The second-order valence-corrected chi connectivity index (χ2v) is 31.2. The Morgan fingerprint density at radius 1 is 0.328 bits per heavy atom. The largest absolute Gasteiger partial charge is 2.00 e. The molecule has 11 aromatic rings. The molecule has 658 valence electrons. The van der Waals surface area contributed by atoms with Crippen LogP contribution in [0.15, 0.2) is 310 Å². The maximum atomic E-state index is 9.94. The van der Waals surface area contributed by atoms with Gasteiger partial charge in [0.1, 0.15) is 5.69 Å². The third kappa shape index (κ3) is 46.7. The van der Waals surface area contributed by atoms with Gasteiger partial charge in [0.15, 0.2) is 6.29 Å². The molecule has 25 heteroatoms. The molecule has 0 spiro atoms. The van der Waals surface area contributed by atoms with Crippen molar-refractivity contribution in [3.05, 3.63) is 356 Å². The zero-order chi connectivity index (χ0) is 86.9. The van der Waals surface area contributed by atoms with E-state index in [1.54, 1.807) is 61.6 Å². The van der Waals surface area contributed by atoms with Gasteiger partial charge in [-0.15, -0.1) is 24.3 Å². The number of nitrogens with two attached hydrogens (primary N) is 2. The molecule has 0 bridgehead atoms. The Bertz CT molecular complexity index is 4060. The number of halogens is 2. The van der Waals surface area contributed by atoms with E-state index in [1.165, 1.54) is 77.0 Å². The minimum atomic E-state index is 0. The van der Waals surface area contributed by atoms with Crippen LogP contribution in [0, 0.1) is 13.8 Å². The molecular formula is C100H125Cl2FeN19O2Zr. The molecule has 125 heavy (non-hydrogen) atoms. The Morgan fingerprint density at radius 3 is 0.704 bits per heavy atom. The number of carbonyl (C=O) groups excluding carboxylic acids is 1. The number of hydrogen-bond acceptors (Lipinski definition) is 21. The van der Waals surface area contributed by atoms with Crippen molar-refractivity contribution >= 4 is 63.8 Å². The summed E-state index contributed by atoms with van der Waals surface area (Å²) in [5.74, 6) is 0. The molecule has 2 aromatic carbocycles. The maximum absolute atomic E-state index is 9.94. The Morgan fingerprint density at radius 2 is 0.528 bits per heavy atom. The molecule has 5 saturated carbocycles. The van der Waals surface area contributed by atoms with Gasteiger partial charge in [0.25, 0.3) is 0 Å². The van der Waals surface area contributed by atoms with E-state index in [9.17, 15) is 4.79 Å². The monoisotopic (exact) mass is 1840 g/mol. The van der Waals surface area contributed by atoms with E-state index in [-0.39, 0.29) is 95.1 Å². The van der Waals surface area contributed by atoms with Crippen LogP contribution in [0.3, 0.4) is 0 Å². The number of aliphatic imine (C=N–C) groups is 6. The van der Waals surface area contributed by atoms with Crippen LogP contribution < -0.4 is 22.1 Å². The zero-order valence-electron chi connectivity index (χ0n) is 71.2. The average Bonchev–Trinajstić information content (AvgIpc) is 0.885. The molecule has 5 fully saturated rings. The molecule has 9 heterocycles. The number of aliphatic hydroxyl groups is 1. The van der Waals surface area contributed by atoms with Crippen molar-refractivity contribution < 1.29 is 49.2 Å². The maximum Gasteiger partial charge on any atom is 2.00 e. The summed E-state index contributed by atoms with van der Waals surface area (Å²) < 4.78 is 0. The molecule has 21 nitrogen and oxygen atoms in total. The molecule has 9 aromatic heterocycles. The number of nitrogens with zero attached hydrogens (tertiary/aromatic N) is 15. The van der Waals surface area contributed by atoms with Crippen LogP contribution in [0.4, 0.5) is 0 Å². The quantitative estimate of drug-likeness (QED) is 0.0218. The number of nitrogens with one attached hydrogen (secondary N) is 2. The third-order valence-corrected chi connectivity index (χ3v) is 20.3. The van der Waals surface area contributed by atoms with E-state index in [0.717, 1.165) is 135 Å². The summed E-state index contributed by atoms with van der Waals surface area (Å²) in [5, 5.41) is 14.4. The molecule has 0 unspecified atom stereocenters. The molecule has 0 radical (unpaired) electrons. The van der Waals surface area contributed by atoms with Crippen LogP contribution in [0.25, 0.3) is 0 Å². The molecule has 0 saturated heterocycles. The molecule has 10 atom stereocenters. The van der Waals surface area contributed by atoms with Gasteiger partial charge in [0.2, 0.25) is 0 Å². The fourth-order valence-electron chi connectivity index (χ4n) is 13.8. The van der Waals surface area contributed by atoms with Crippen molar-refractivity contribution in [2.75, 3.05) is 7.11 Å². The summed E-state index contributed by atoms with van der Waals surface area (Å²) in [6, 6.07) is 75.4. The van der Waals surface area contributed by atoms with E-state index in [1.807, 2.05) is 244 Å². The minimum Gasteiger partial charge on any atom is -0.307 e. The summed E-state index contributed by atoms with van der Waals surface area (Å²) in [4.78, 5) is 76.5. The number of carbonyl (C=O) groups is 1. The normalized spacial score (nSPS) is 19.9. The summed E-state index contributed by atoms with van der Waals surface area (Å²) >= 11 is 0.194. The summed E-state index contributed by atoms with van der Waals surface area (Å²) in [5.41, 5.74) is 21.6. The number of benzene rings is 2. The van der Waals surface area contributed by atoms with Gasteiger partial charge in [-0.25, -0.2) is 0 Å². The number of rotatable bonds is 19. The van der Waals surface area contributed by atoms with Crippen molar-refractivity contribution in [1.29, 1.82) is 0 Å². The first kappa shape index (κ1) is 106. The summed E-state index contributed by atoms with van der Waals surface area (Å²) in [6.45, 7) is 9.12. The molecule has 16 rings (SSSR count). The van der Waals surface area contributed by atoms with Crippen LogP contribution >= 0.6 is 20.2 Å². The van der Waals surface area contributed by atoms with Gasteiger partial charge < -0.3 is 27.2 Å². The molecule has 0 amide bonds. The third-order valence-electron chi connectivity index (χ3n) is 20.3. The number of aliphatic hydroxyl groups excluding tert-OH is 1. The fourth-order valence-corrected chi connectivity index (χ4v) is 13.8. The Labute approximate surface area is 776 Å². The van der Waals surface area contributed by atoms with Crippen molar-refractivity contribution in [1.82, 2.24) is 55.5 Å². The minimum absolute atomic E-state index is 0. The zero-order valence-corrected chi connectivity index (χ0v) is 76.2. The van der Waals surface area contributed by atoms with Gasteiger partial charge in [0.05, 0.1) is 81.8 Å². The number of aldehydes is 1. The van der Waals surface area contributed by atoms with E-state index >= 15 is 0 Å². The van der Waals surface area contributed by atoms with Crippen molar-refractivity contribution in [3.8, 4) is 0 Å². The Kier molecular flexibility index (Phi) is 57.7. The molecule has 5 aliphatic rings. The SMILES string of the molecule is C.C(=N[C@@H]1CCCC[C@H]1N=Cc1ccccn1)c1ccccn1.C(=N[C@@H]1CCCC[C@H]1N=Cc1ccccn1)c1ccccn1.C(=N[C@@H]1CCCC[C@H]1N=Cc1ccccn1)c1ccccn1.CO.N[C@@H]1CCCC[C@H]1N.O=Cc1ccccn1.[CH2-]c1ccccc1.[CH2-]c1ccccc1.[Cl][Fe][Cl].[Zr+2].c1ccc(CN[C@@H]2CCCC[C@H]2NCc2ccccn2)nc1. The Hall–Kier alpha value is -10.00. The van der Waals surface area contributed by atoms with Crippen LogP contribution in [-0.4, -0.2) is 161 Å². The summed E-state index contributed by atoms with van der Waals surface area (Å²) in [7, 11) is 10.5. The molecule has 5 aliphatic carbocycles. The topological polar surface area (TPSA) is 304 Å². The van der Waals surface area contributed by atoms with Gasteiger partial charge in [-0.1, -0.05) is 138 Å². The number of pyridine rings is 9. The summed E-state index contributed by atoms with van der Waals surface area (Å²) in [6.07, 6.45) is 51.8. The standard InChI is InChI=1S/C18H24N4.3C18H20N4.2C7H7.C6H14N2.C6H5NO.CH4O.CH4.2ClH.Fe.Zr/c4*1-2-10-18(22-14-16-8-4-6-12-20-16)17(9-1)21-13-15-7-3-5-11-19-15;2*1-7-5-3-2-4-6-7;7-5-3-1-2-4-6(5)8;8-5-6-3-1-2-4-7-6;1-2;;;;;/h3-8,11-12,17-18,21-22H,1-2,9-10,13-14H2;3*3-8,11-14,17-18H,1-2,9-10H2;2*2-6H,1H2;5-6H,1-4,7-8H2;1-5H;2H,1H3;1H4;2*1H;;/q;;;;2*-1;;;;;;;2*+2/p-2/t4*17-,18-;;;5-,6-;;;;;;;/m1111..1......./s1. The van der Waals surface area contributed by atoms with E-state index in [4.69, 9.17) is 66.7 Å². The van der Waals surface area contributed by atoms with Gasteiger partial charge >= 0.3 is 59.5 Å². The number of aromatic nitrogens is 9. The Balaban J connectivity index is 0.000000261. The van der Waals surface area contributed by atoms with Crippen LogP contribution in [0.2, 0.25) is 0 Å². The first-order chi connectivity index (χ1) is 60.6. The van der Waals surface area contributed by atoms with Gasteiger partial charge in [-0.3, -0.25) is 79.6 Å². The predicted octanol–water partition coefficient (Wildman–Crippen LogP) is 19.1. The van der Waals surface area contributed by atoms with Crippen molar-refractivity contribution in [3.63, 3.8) is 0 Å². The second-order valence-electron chi connectivity index (χ2n) is 29.4. The second kappa shape index (κ2) is 68.3. The predicted molar refractivity (Wildman–Crippen MR) is 510 cm³/mol. The first-order valence-corrected chi connectivity index (χ1v) is 45.5. The van der Waals surface area contributed by atoms with Crippen LogP contribution in [0.1, 0.15) is 203 Å². The van der Waals surface area contributed by atoms with E-state index in [0.29, 0.717) is 17.8 Å². The number of hydrogen-bond donors (Lipinski definition) is 5. The molecule has 7 N–H and O–H groups in total. The first-order valence-electron chi connectivity index (χ1n) is 42.4. The smallest absolute Gasteiger partial charge is 0.307 e. The molecular weight excluding hydrogens is 1720 g/mol. The van der Waals surface area contributed by atoms with E-state index < -0.39 is 0 Å². The van der Waals surface area contributed by atoms with E-state index in [2.05, 4.69) is 81.5 Å². The van der Waals surface area contributed by atoms with Crippen LogP contribution in [0.5, 0.6) is 0 Å². The van der Waals surface area contributed by atoms with Gasteiger partial charge in [-0.05, 0) is 173 Å². The van der Waals surface area contributed by atoms with Gasteiger partial charge in [-0.2, -0.15) is 49.2 Å². The van der Waals surface area contributed by atoms with Crippen molar-refractivity contribution in [2.24, 2.45) is 41.4 Å². The fraction of sp³-hybridized carbons (Fsp3) is 0.340. The van der Waals surface area contributed by atoms with Gasteiger partial charge in [0, 0.05) is 137 Å².